The van der Waals surface area contributed by atoms with Crippen molar-refractivity contribution in [3.63, 3.8) is 0 Å². The molecule has 3 atom stereocenters. The molecule has 0 aromatic carbocycles. The number of ketones is 1. The Kier molecular flexibility index (Phi) is 19.3. The Morgan fingerprint density at radius 3 is 1.97 bits per heavy atom. The van der Waals surface area contributed by atoms with E-state index in [0.29, 0.717) is 6.42 Å². The Morgan fingerprint density at radius 1 is 0.941 bits per heavy atom. The molecule has 0 radical (unpaired) electrons. The van der Waals surface area contributed by atoms with E-state index in [1.807, 2.05) is 0 Å². The number of allylic oxidation sites excluding steroid dienone is 2. The third-order valence-electron chi connectivity index (χ3n) is 5.98. The molecule has 0 amide bonds. The van der Waals surface area contributed by atoms with Gasteiger partial charge in [0.15, 0.2) is 6.23 Å². The van der Waals surface area contributed by atoms with Crippen LogP contribution in [0.25, 0.3) is 0 Å². The van der Waals surface area contributed by atoms with Gasteiger partial charge in [-0.2, -0.15) is 0 Å². The van der Waals surface area contributed by atoms with E-state index in [1.165, 1.54) is 51.4 Å². The average molecular weight is 506 g/mol. The summed E-state index contributed by atoms with van der Waals surface area (Å²) in [6.45, 7) is 3.40. The third kappa shape index (κ3) is 20.8. The van der Waals surface area contributed by atoms with Crippen LogP contribution in [-0.2, 0) is 18.4 Å². The van der Waals surface area contributed by atoms with E-state index >= 15 is 0 Å². The summed E-state index contributed by atoms with van der Waals surface area (Å²) in [7, 11) is 0.857. The van der Waals surface area contributed by atoms with Crippen LogP contribution in [0.15, 0.2) is 12.2 Å². The number of phosphoric acid groups is 1. The number of rotatable bonds is 23. The topological polar surface area (TPSA) is 95.9 Å². The monoisotopic (exact) mass is 505 g/mol. The predicted molar refractivity (Wildman–Crippen MR) is 137 cm³/mol. The van der Waals surface area contributed by atoms with E-state index in [2.05, 4.69) is 19.1 Å². The van der Waals surface area contributed by atoms with Crippen LogP contribution in [-0.4, -0.2) is 55.5 Å². The fourth-order valence-electron chi connectivity index (χ4n) is 3.35. The van der Waals surface area contributed by atoms with Crippen molar-refractivity contribution in [1.82, 2.24) is 0 Å². The van der Waals surface area contributed by atoms with Gasteiger partial charge >= 0.3 is 0 Å². The number of carbonyl (C=O) groups excluding carboxylic acids is 1. The lowest BCUT2D eigenvalue weighted by molar-refractivity contribution is -0.913. The molecule has 1 N–H and O–H groups in total. The Balaban J connectivity index is 3.70. The first-order chi connectivity index (χ1) is 16.0. The van der Waals surface area contributed by atoms with Crippen molar-refractivity contribution in [2.45, 2.75) is 122 Å². The predicted octanol–water partition coefficient (Wildman–Crippen LogP) is 5.90. The second-order valence-electron chi connectivity index (χ2n) is 10.3. The summed E-state index contributed by atoms with van der Waals surface area (Å²) < 4.78 is 21.9. The van der Waals surface area contributed by atoms with E-state index in [-0.39, 0.29) is 16.7 Å². The molecule has 202 valence electrons. The second kappa shape index (κ2) is 19.6. The van der Waals surface area contributed by atoms with Crippen LogP contribution in [0.2, 0.25) is 0 Å². The Labute approximate surface area is 209 Å². The zero-order valence-corrected chi connectivity index (χ0v) is 23.4. The average Bonchev–Trinajstić information content (AvgIpc) is 2.74. The second-order valence-corrected chi connectivity index (χ2v) is 11.7. The number of aliphatic hydroxyl groups is 1. The minimum absolute atomic E-state index is 0.0768. The number of Topliss-reactive ketones (excluding diaryl/α,β-unsaturated/α-hetero) is 1. The van der Waals surface area contributed by atoms with Gasteiger partial charge in [-0.25, -0.2) is 0 Å². The zero-order valence-electron chi connectivity index (χ0n) is 22.5. The fourth-order valence-corrected chi connectivity index (χ4v) is 4.42. The van der Waals surface area contributed by atoms with Gasteiger partial charge in [-0.1, -0.05) is 70.4 Å². The Hall–Kier alpha value is -0.560. The highest BCUT2D eigenvalue weighted by molar-refractivity contribution is 7.45. The molecular weight excluding hydrogens is 453 g/mol. The molecule has 0 bridgehead atoms. The smallest absolute Gasteiger partial charge is 0.272 e. The number of aliphatic hydroxyl groups excluding tert-OH is 1. The number of unbranched alkanes of at least 4 members (excludes halogenated alkanes) is 11. The van der Waals surface area contributed by atoms with Crippen LogP contribution < -0.4 is 4.89 Å². The Morgan fingerprint density at radius 2 is 1.44 bits per heavy atom. The van der Waals surface area contributed by atoms with Crippen LogP contribution in [0.3, 0.4) is 0 Å². The van der Waals surface area contributed by atoms with Crippen molar-refractivity contribution in [2.24, 2.45) is 0 Å². The fraction of sp³-hybridized carbons (Fsp3) is 0.885. The minimum Gasteiger partial charge on any atom is -0.756 e. The quantitative estimate of drug-likeness (QED) is 0.0611. The SMILES string of the molecule is CCCCCCCCC/C=C/CCCCCCC(=O)CC(O)COP(=O)([O-])OC(C)[N+](C)(C)C. The van der Waals surface area contributed by atoms with Crippen LogP contribution in [0.4, 0.5) is 0 Å². The lowest BCUT2D eigenvalue weighted by atomic mass is 10.0. The molecule has 0 aromatic heterocycles. The van der Waals surface area contributed by atoms with Crippen molar-refractivity contribution in [2.75, 3.05) is 27.7 Å². The van der Waals surface area contributed by atoms with E-state index in [4.69, 9.17) is 9.05 Å². The molecule has 0 rings (SSSR count). The molecule has 0 fully saturated rings. The summed E-state index contributed by atoms with van der Waals surface area (Å²) in [4.78, 5) is 23.9. The summed E-state index contributed by atoms with van der Waals surface area (Å²) in [5.74, 6) is -0.0768. The standard InChI is InChI=1S/C26H52NO6P/c1-6-7-8-9-10-11-12-13-14-15-16-17-18-19-20-21-25(28)22-26(29)23-32-34(30,31)33-24(2)27(3,4)5/h14-15,24,26,29H,6-13,16-23H2,1-5H3/b15-14+. The number of nitrogens with zero attached hydrogens (tertiary/aromatic N) is 1. The van der Waals surface area contributed by atoms with Gasteiger partial charge in [0, 0.05) is 19.8 Å². The van der Waals surface area contributed by atoms with Gasteiger partial charge in [-0.15, -0.1) is 0 Å². The first-order valence-corrected chi connectivity index (χ1v) is 14.7. The van der Waals surface area contributed by atoms with Gasteiger partial charge in [0.1, 0.15) is 5.78 Å². The zero-order chi connectivity index (χ0) is 25.9. The van der Waals surface area contributed by atoms with Crippen molar-refractivity contribution >= 4 is 13.6 Å². The summed E-state index contributed by atoms with van der Waals surface area (Å²) in [5.41, 5.74) is 0. The van der Waals surface area contributed by atoms with E-state index in [0.717, 1.165) is 32.1 Å². The maximum atomic E-state index is 12.0. The van der Waals surface area contributed by atoms with Crippen molar-refractivity contribution in [1.29, 1.82) is 0 Å². The van der Waals surface area contributed by atoms with Gasteiger partial charge in [0.2, 0.25) is 0 Å². The van der Waals surface area contributed by atoms with Crippen molar-refractivity contribution in [3.8, 4) is 0 Å². The molecule has 3 unspecified atom stereocenters. The van der Waals surface area contributed by atoms with Gasteiger partial charge < -0.3 is 19.0 Å². The maximum Gasteiger partial charge on any atom is 0.272 e. The summed E-state index contributed by atoms with van der Waals surface area (Å²) in [6.07, 6.45) is 18.8. The molecule has 8 heteroatoms. The van der Waals surface area contributed by atoms with Crippen LogP contribution in [0.1, 0.15) is 110 Å². The normalized spacial score (nSPS) is 16.0. The molecular formula is C26H52NO6P. The van der Waals surface area contributed by atoms with E-state index in [1.54, 1.807) is 28.1 Å². The van der Waals surface area contributed by atoms with Gasteiger partial charge in [0.25, 0.3) is 7.82 Å². The third-order valence-corrected chi connectivity index (χ3v) is 7.01. The van der Waals surface area contributed by atoms with Gasteiger partial charge in [0.05, 0.1) is 33.9 Å². The highest BCUT2D eigenvalue weighted by Crippen LogP contribution is 2.41. The van der Waals surface area contributed by atoms with Crippen LogP contribution in [0, 0.1) is 0 Å². The number of hydrogen-bond donors (Lipinski definition) is 1. The minimum atomic E-state index is -4.54. The van der Waals surface area contributed by atoms with Crippen LogP contribution >= 0.6 is 7.82 Å². The first-order valence-electron chi connectivity index (χ1n) is 13.3. The summed E-state index contributed by atoms with van der Waals surface area (Å²) in [5, 5.41) is 9.93. The first kappa shape index (κ1) is 33.4. The lowest BCUT2D eigenvalue weighted by Crippen LogP contribution is -2.45. The molecule has 0 saturated carbocycles. The number of phosphoric ester groups is 1. The number of hydrogen-bond acceptors (Lipinski definition) is 6. The molecule has 0 heterocycles. The summed E-state index contributed by atoms with van der Waals surface area (Å²) in [6, 6.07) is 0. The molecule has 34 heavy (non-hydrogen) atoms. The maximum absolute atomic E-state index is 12.0. The highest BCUT2D eigenvalue weighted by Gasteiger charge is 2.25. The van der Waals surface area contributed by atoms with Gasteiger partial charge in [-0.3, -0.25) is 13.9 Å². The number of carbonyl (C=O) groups is 1. The number of quaternary nitrogens is 1. The summed E-state index contributed by atoms with van der Waals surface area (Å²) >= 11 is 0. The molecule has 0 aromatic rings. The van der Waals surface area contributed by atoms with Crippen LogP contribution in [0.5, 0.6) is 0 Å². The highest BCUT2D eigenvalue weighted by atomic mass is 31.2. The van der Waals surface area contributed by atoms with E-state index < -0.39 is 26.8 Å². The van der Waals surface area contributed by atoms with E-state index in [9.17, 15) is 19.4 Å². The molecule has 0 saturated heterocycles. The molecule has 0 aliphatic rings. The van der Waals surface area contributed by atoms with Gasteiger partial charge in [-0.05, 0) is 32.1 Å². The molecule has 0 aliphatic carbocycles. The lowest BCUT2D eigenvalue weighted by Gasteiger charge is -2.35. The van der Waals surface area contributed by atoms with Crippen molar-refractivity contribution in [3.05, 3.63) is 12.2 Å². The Bertz CT molecular complexity index is 590. The molecule has 7 nitrogen and oxygen atoms in total. The largest absolute Gasteiger partial charge is 0.756 e. The molecule has 0 spiro atoms. The van der Waals surface area contributed by atoms with Crippen molar-refractivity contribution < 1.29 is 32.9 Å². The molecule has 0 aliphatic heterocycles.